The highest BCUT2D eigenvalue weighted by Crippen LogP contribution is 2.19. The van der Waals surface area contributed by atoms with E-state index in [9.17, 15) is 13.2 Å². The summed E-state index contributed by atoms with van der Waals surface area (Å²) in [4.78, 5) is 11.9. The third kappa shape index (κ3) is 4.21. The molecule has 1 amide bonds. The van der Waals surface area contributed by atoms with Gasteiger partial charge in [-0.3, -0.25) is 0 Å². The smallest absolute Gasteiger partial charge is 0.424 e. The molecule has 7 heteroatoms. The van der Waals surface area contributed by atoms with E-state index in [-0.39, 0.29) is 4.90 Å². The van der Waals surface area contributed by atoms with Crippen LogP contribution in [0.5, 0.6) is 0 Å². The molecule has 0 saturated heterocycles. The van der Waals surface area contributed by atoms with Gasteiger partial charge in [-0.2, -0.15) is 0 Å². The number of alkyl halides is 1. The molecule has 0 N–H and O–H groups in total. The Bertz CT molecular complexity index is 575. The predicted octanol–water partition coefficient (Wildman–Crippen LogP) is 3.14. The molecule has 1 aromatic rings. The molecule has 0 aliphatic heterocycles. The summed E-state index contributed by atoms with van der Waals surface area (Å²) in [5, 5.41) is 0.634. The number of ether oxygens (including phenoxy) is 1. The number of nitrogens with zero attached hydrogens (tertiary/aromatic N) is 1. The Morgan fingerprint density at radius 3 is 2.15 bits per heavy atom. The highest BCUT2D eigenvalue weighted by molar-refractivity contribution is 9.08. The van der Waals surface area contributed by atoms with Gasteiger partial charge in [0.1, 0.15) is 5.60 Å². The van der Waals surface area contributed by atoms with Crippen LogP contribution in [0.4, 0.5) is 4.79 Å². The maximum atomic E-state index is 12.3. The lowest BCUT2D eigenvalue weighted by atomic mass is 10.2. The van der Waals surface area contributed by atoms with Gasteiger partial charge in [-0.1, -0.05) is 28.1 Å². The molecule has 0 atom stereocenters. The zero-order chi connectivity index (χ0) is 15.6. The number of sulfonamides is 1. The van der Waals surface area contributed by atoms with Crippen LogP contribution in [0, 0.1) is 0 Å². The van der Waals surface area contributed by atoms with Gasteiger partial charge in [-0.15, -0.1) is 0 Å². The molecule has 0 radical (unpaired) electrons. The largest absolute Gasteiger partial charge is 0.443 e. The molecule has 0 bridgehead atoms. The van der Waals surface area contributed by atoms with Crippen LogP contribution < -0.4 is 0 Å². The van der Waals surface area contributed by atoms with Crippen LogP contribution >= 0.6 is 15.9 Å². The quantitative estimate of drug-likeness (QED) is 0.773. The lowest BCUT2D eigenvalue weighted by molar-refractivity contribution is 0.0420. The van der Waals surface area contributed by atoms with Gasteiger partial charge < -0.3 is 4.74 Å². The summed E-state index contributed by atoms with van der Waals surface area (Å²) >= 11 is 3.28. The standard InChI is InChI=1S/C13H18BrNO4S/c1-13(2,3)19-12(16)15(4)20(17,18)11-7-5-10(9-14)6-8-11/h5-8H,9H2,1-4H3. The van der Waals surface area contributed by atoms with Crippen LogP contribution in [-0.2, 0) is 20.1 Å². The van der Waals surface area contributed by atoms with Crippen LogP contribution in [0.2, 0.25) is 0 Å². The minimum Gasteiger partial charge on any atom is -0.443 e. The molecule has 0 spiro atoms. The van der Waals surface area contributed by atoms with Gasteiger partial charge in [0.25, 0.3) is 10.0 Å². The van der Waals surface area contributed by atoms with Gasteiger partial charge in [0, 0.05) is 12.4 Å². The van der Waals surface area contributed by atoms with Crippen molar-refractivity contribution in [3.8, 4) is 0 Å². The van der Waals surface area contributed by atoms with Crippen molar-refractivity contribution in [1.82, 2.24) is 4.31 Å². The summed E-state index contributed by atoms with van der Waals surface area (Å²) in [7, 11) is -2.71. The van der Waals surface area contributed by atoms with Crippen LogP contribution in [-0.4, -0.2) is 31.5 Å². The molecule has 0 aromatic heterocycles. The SMILES string of the molecule is CN(C(=O)OC(C)(C)C)S(=O)(=O)c1ccc(CBr)cc1. The second-order valence-corrected chi connectivity index (χ2v) is 7.76. The predicted molar refractivity (Wildman–Crippen MR) is 80.3 cm³/mol. The van der Waals surface area contributed by atoms with Crippen molar-refractivity contribution >= 4 is 32.0 Å². The molecule has 5 nitrogen and oxygen atoms in total. The van der Waals surface area contributed by atoms with Crippen molar-refractivity contribution in [1.29, 1.82) is 0 Å². The number of rotatable bonds is 3. The second-order valence-electron chi connectivity index (χ2n) is 5.23. The number of benzene rings is 1. The number of carbonyl (C=O) groups excluding carboxylic acids is 1. The Balaban J connectivity index is 3.00. The lowest BCUT2D eigenvalue weighted by Crippen LogP contribution is -2.38. The summed E-state index contributed by atoms with van der Waals surface area (Å²) in [5.74, 6) is 0. The molecule has 0 aliphatic carbocycles. The fraction of sp³-hybridized carbons (Fsp3) is 0.462. The van der Waals surface area contributed by atoms with Gasteiger partial charge in [0.15, 0.2) is 0 Å². The van der Waals surface area contributed by atoms with E-state index in [2.05, 4.69) is 15.9 Å². The molecule has 0 fully saturated rings. The molecule has 0 saturated carbocycles. The van der Waals surface area contributed by atoms with Crippen molar-refractivity contribution < 1.29 is 17.9 Å². The van der Waals surface area contributed by atoms with Gasteiger partial charge in [0.05, 0.1) is 4.90 Å². The van der Waals surface area contributed by atoms with E-state index >= 15 is 0 Å². The average molecular weight is 364 g/mol. The molecule has 0 aliphatic rings. The first-order valence-corrected chi connectivity index (χ1v) is 8.51. The zero-order valence-electron chi connectivity index (χ0n) is 11.9. The van der Waals surface area contributed by atoms with E-state index < -0.39 is 21.7 Å². The first-order chi connectivity index (χ1) is 9.08. The molecule has 112 valence electrons. The monoisotopic (exact) mass is 363 g/mol. The molecule has 1 aromatic carbocycles. The van der Waals surface area contributed by atoms with E-state index in [1.807, 2.05) is 0 Å². The summed E-state index contributed by atoms with van der Waals surface area (Å²) in [6.45, 7) is 5.03. The Labute approximate surface area is 128 Å². The third-order valence-electron chi connectivity index (χ3n) is 2.39. The fourth-order valence-electron chi connectivity index (χ4n) is 1.33. The number of amides is 1. The third-order valence-corrected chi connectivity index (χ3v) is 4.77. The van der Waals surface area contributed by atoms with Crippen molar-refractivity contribution in [2.24, 2.45) is 0 Å². The highest BCUT2D eigenvalue weighted by Gasteiger charge is 2.29. The van der Waals surface area contributed by atoms with Crippen LogP contribution in [0.1, 0.15) is 26.3 Å². The minimum atomic E-state index is -3.89. The first kappa shape index (κ1) is 17.0. The van der Waals surface area contributed by atoms with Crippen molar-refractivity contribution in [3.05, 3.63) is 29.8 Å². The van der Waals surface area contributed by atoms with Crippen molar-refractivity contribution in [2.75, 3.05) is 7.05 Å². The highest BCUT2D eigenvalue weighted by atomic mass is 79.9. The molecular weight excluding hydrogens is 346 g/mol. The van der Waals surface area contributed by atoms with Gasteiger partial charge >= 0.3 is 6.09 Å². The van der Waals surface area contributed by atoms with Crippen LogP contribution in [0.3, 0.4) is 0 Å². The maximum absolute atomic E-state index is 12.3. The Kier molecular flexibility index (Phi) is 5.21. The molecule has 0 heterocycles. The number of hydrogen-bond acceptors (Lipinski definition) is 4. The summed E-state index contributed by atoms with van der Waals surface area (Å²) < 4.78 is 30.2. The second kappa shape index (κ2) is 6.13. The number of halogens is 1. The summed E-state index contributed by atoms with van der Waals surface area (Å²) in [6, 6.07) is 6.30. The minimum absolute atomic E-state index is 0.0514. The topological polar surface area (TPSA) is 63.7 Å². The average Bonchev–Trinajstić information content (AvgIpc) is 2.35. The zero-order valence-corrected chi connectivity index (χ0v) is 14.3. The van der Waals surface area contributed by atoms with E-state index in [0.717, 1.165) is 5.56 Å². The van der Waals surface area contributed by atoms with E-state index in [4.69, 9.17) is 4.74 Å². The Morgan fingerprint density at radius 2 is 1.75 bits per heavy atom. The first-order valence-electron chi connectivity index (χ1n) is 5.95. The molecular formula is C13H18BrNO4S. The van der Waals surface area contributed by atoms with E-state index in [1.54, 1.807) is 32.9 Å². The van der Waals surface area contributed by atoms with Crippen LogP contribution in [0.15, 0.2) is 29.2 Å². The molecule has 0 unspecified atom stereocenters. The molecule has 20 heavy (non-hydrogen) atoms. The number of hydrogen-bond donors (Lipinski definition) is 0. The number of carbonyl (C=O) groups is 1. The normalized spacial score (nSPS) is 12.1. The van der Waals surface area contributed by atoms with E-state index in [0.29, 0.717) is 9.64 Å². The van der Waals surface area contributed by atoms with E-state index in [1.165, 1.54) is 19.2 Å². The van der Waals surface area contributed by atoms with Gasteiger partial charge in [-0.05, 0) is 38.5 Å². The van der Waals surface area contributed by atoms with Crippen molar-refractivity contribution in [2.45, 2.75) is 36.6 Å². The summed E-state index contributed by atoms with van der Waals surface area (Å²) in [6.07, 6.45) is -0.901. The van der Waals surface area contributed by atoms with Gasteiger partial charge in [0.2, 0.25) is 0 Å². The Hall–Kier alpha value is -1.08. The van der Waals surface area contributed by atoms with Gasteiger partial charge in [-0.25, -0.2) is 17.5 Å². The molecule has 1 rings (SSSR count). The van der Waals surface area contributed by atoms with Crippen LogP contribution in [0.25, 0.3) is 0 Å². The maximum Gasteiger partial charge on any atom is 0.424 e. The Morgan fingerprint density at radius 1 is 1.25 bits per heavy atom. The summed E-state index contributed by atoms with van der Waals surface area (Å²) in [5.41, 5.74) is 0.199. The fourth-order valence-corrected chi connectivity index (χ4v) is 2.74. The lowest BCUT2D eigenvalue weighted by Gasteiger charge is -2.24. The van der Waals surface area contributed by atoms with Crippen molar-refractivity contribution in [3.63, 3.8) is 0 Å².